The zero-order chi connectivity index (χ0) is 9.68. The minimum Gasteiger partial charge on any atom is -0.352 e. The molecule has 0 radical (unpaired) electrons. The number of nitrogens with one attached hydrogen (secondary N) is 1. The molecule has 76 valence electrons. The Hall–Kier alpha value is -0.570. The maximum atomic E-state index is 11.6. The molecule has 1 aliphatic rings. The van der Waals surface area contributed by atoms with Crippen molar-refractivity contribution in [1.82, 2.24) is 5.32 Å². The van der Waals surface area contributed by atoms with E-state index in [2.05, 4.69) is 5.32 Å². The van der Waals surface area contributed by atoms with Gasteiger partial charge in [-0.25, -0.2) is 0 Å². The van der Waals surface area contributed by atoms with Crippen molar-refractivity contribution in [3.05, 3.63) is 0 Å². The molecule has 1 aliphatic carbocycles. The molecule has 0 unspecified atom stereocenters. The smallest absolute Gasteiger partial charge is 0.223 e. The molecular formula is C10H20N2O. The highest BCUT2D eigenvalue weighted by atomic mass is 16.1. The van der Waals surface area contributed by atoms with Gasteiger partial charge in [-0.1, -0.05) is 19.3 Å². The van der Waals surface area contributed by atoms with Crippen LogP contribution in [0.3, 0.4) is 0 Å². The highest BCUT2D eigenvalue weighted by molar-refractivity contribution is 5.78. The molecule has 1 atom stereocenters. The van der Waals surface area contributed by atoms with Crippen molar-refractivity contribution < 1.29 is 4.79 Å². The van der Waals surface area contributed by atoms with E-state index in [0.29, 0.717) is 6.54 Å². The van der Waals surface area contributed by atoms with E-state index in [1.807, 2.05) is 6.92 Å². The lowest BCUT2D eigenvalue weighted by atomic mass is 9.88. The Labute approximate surface area is 80.1 Å². The van der Waals surface area contributed by atoms with Crippen LogP contribution in [0.1, 0.15) is 39.0 Å². The van der Waals surface area contributed by atoms with Crippen molar-refractivity contribution in [3.63, 3.8) is 0 Å². The predicted octanol–water partition coefficient (Wildman–Crippen LogP) is 1.03. The van der Waals surface area contributed by atoms with Crippen LogP contribution in [0.5, 0.6) is 0 Å². The van der Waals surface area contributed by atoms with Gasteiger partial charge in [0.05, 0.1) is 0 Å². The molecule has 0 aliphatic heterocycles. The molecule has 3 heteroatoms. The normalized spacial score (nSPS) is 21.1. The number of rotatable bonds is 3. The predicted molar refractivity (Wildman–Crippen MR) is 53.2 cm³/mol. The van der Waals surface area contributed by atoms with Crippen LogP contribution in [-0.2, 0) is 4.79 Å². The van der Waals surface area contributed by atoms with Gasteiger partial charge in [-0.3, -0.25) is 4.79 Å². The summed E-state index contributed by atoms with van der Waals surface area (Å²) in [5, 5.41) is 2.94. The number of nitrogens with two attached hydrogens (primary N) is 1. The second-order valence-corrected chi connectivity index (χ2v) is 3.98. The van der Waals surface area contributed by atoms with Crippen LogP contribution in [-0.4, -0.2) is 18.5 Å². The van der Waals surface area contributed by atoms with Gasteiger partial charge in [0.1, 0.15) is 0 Å². The zero-order valence-corrected chi connectivity index (χ0v) is 8.38. The third kappa shape index (κ3) is 3.35. The summed E-state index contributed by atoms with van der Waals surface area (Å²) < 4.78 is 0. The lowest BCUT2D eigenvalue weighted by Crippen LogP contribution is -2.41. The zero-order valence-electron chi connectivity index (χ0n) is 8.38. The molecule has 0 aromatic rings. The largest absolute Gasteiger partial charge is 0.352 e. The number of carbonyl (C=O) groups excluding carboxylic acids is 1. The lowest BCUT2D eigenvalue weighted by molar-refractivity contribution is -0.126. The van der Waals surface area contributed by atoms with Gasteiger partial charge < -0.3 is 11.1 Å². The first-order chi connectivity index (χ1) is 6.24. The fourth-order valence-corrected chi connectivity index (χ4v) is 1.78. The van der Waals surface area contributed by atoms with Crippen molar-refractivity contribution >= 4 is 5.91 Å². The summed E-state index contributed by atoms with van der Waals surface area (Å²) >= 11 is 0. The van der Waals surface area contributed by atoms with E-state index in [-0.39, 0.29) is 17.9 Å². The van der Waals surface area contributed by atoms with Crippen molar-refractivity contribution in [2.45, 2.75) is 45.1 Å². The van der Waals surface area contributed by atoms with Gasteiger partial charge in [0.15, 0.2) is 0 Å². The third-order valence-electron chi connectivity index (χ3n) is 2.72. The van der Waals surface area contributed by atoms with Crippen LogP contribution in [0.4, 0.5) is 0 Å². The van der Waals surface area contributed by atoms with E-state index in [9.17, 15) is 4.79 Å². The summed E-state index contributed by atoms with van der Waals surface area (Å²) in [6.45, 7) is 2.47. The minimum atomic E-state index is 0.120. The Morgan fingerprint density at radius 3 is 2.62 bits per heavy atom. The highest BCUT2D eigenvalue weighted by Gasteiger charge is 2.21. The lowest BCUT2D eigenvalue weighted by Gasteiger charge is -2.22. The average molecular weight is 184 g/mol. The van der Waals surface area contributed by atoms with Crippen LogP contribution in [0.15, 0.2) is 0 Å². The summed E-state index contributed by atoms with van der Waals surface area (Å²) in [4.78, 5) is 11.6. The Balaban J connectivity index is 2.29. The molecule has 0 aromatic carbocycles. The first kappa shape index (κ1) is 10.5. The monoisotopic (exact) mass is 184 g/mol. The fraction of sp³-hybridized carbons (Fsp3) is 0.900. The maximum absolute atomic E-state index is 11.6. The Morgan fingerprint density at radius 1 is 1.46 bits per heavy atom. The van der Waals surface area contributed by atoms with Crippen molar-refractivity contribution in [2.24, 2.45) is 11.7 Å². The number of hydrogen-bond acceptors (Lipinski definition) is 2. The van der Waals surface area contributed by atoms with Gasteiger partial charge in [-0.05, 0) is 19.8 Å². The first-order valence-electron chi connectivity index (χ1n) is 5.24. The molecule has 1 fully saturated rings. The molecule has 1 saturated carbocycles. The van der Waals surface area contributed by atoms with Gasteiger partial charge >= 0.3 is 0 Å². The van der Waals surface area contributed by atoms with Gasteiger partial charge in [0.25, 0.3) is 0 Å². The average Bonchev–Trinajstić information content (AvgIpc) is 2.19. The third-order valence-corrected chi connectivity index (χ3v) is 2.72. The summed E-state index contributed by atoms with van der Waals surface area (Å²) in [5.74, 6) is 0.459. The van der Waals surface area contributed by atoms with Gasteiger partial charge in [-0.2, -0.15) is 0 Å². The SMILES string of the molecule is C[C@@H](CN)NC(=O)C1CCCCC1. The second kappa shape index (κ2) is 5.22. The molecule has 1 amide bonds. The molecule has 3 nitrogen and oxygen atoms in total. The van der Waals surface area contributed by atoms with Gasteiger partial charge in [0.2, 0.25) is 5.91 Å². The fourth-order valence-electron chi connectivity index (χ4n) is 1.78. The molecular weight excluding hydrogens is 164 g/mol. The van der Waals surface area contributed by atoms with Crippen molar-refractivity contribution in [2.75, 3.05) is 6.54 Å². The number of carbonyl (C=O) groups is 1. The Bertz CT molecular complexity index is 164. The van der Waals surface area contributed by atoms with Crippen LogP contribution >= 0.6 is 0 Å². The van der Waals surface area contributed by atoms with Crippen molar-refractivity contribution in [3.8, 4) is 0 Å². The summed E-state index contributed by atoms with van der Waals surface area (Å²) in [7, 11) is 0. The van der Waals surface area contributed by atoms with Gasteiger partial charge in [0, 0.05) is 18.5 Å². The van der Waals surface area contributed by atoms with Crippen LogP contribution in [0, 0.1) is 5.92 Å². The van der Waals surface area contributed by atoms with E-state index in [0.717, 1.165) is 12.8 Å². The van der Waals surface area contributed by atoms with Crippen LogP contribution in [0.2, 0.25) is 0 Å². The maximum Gasteiger partial charge on any atom is 0.223 e. The summed E-state index contributed by atoms with van der Waals surface area (Å²) in [6.07, 6.45) is 5.81. The van der Waals surface area contributed by atoms with Gasteiger partial charge in [-0.15, -0.1) is 0 Å². The van der Waals surface area contributed by atoms with E-state index >= 15 is 0 Å². The Morgan fingerprint density at radius 2 is 2.08 bits per heavy atom. The second-order valence-electron chi connectivity index (χ2n) is 3.98. The van der Waals surface area contributed by atoms with Crippen LogP contribution in [0.25, 0.3) is 0 Å². The molecule has 0 spiro atoms. The van der Waals surface area contributed by atoms with Crippen molar-refractivity contribution in [1.29, 1.82) is 0 Å². The van der Waals surface area contributed by atoms with E-state index < -0.39 is 0 Å². The first-order valence-corrected chi connectivity index (χ1v) is 5.24. The molecule has 0 bridgehead atoms. The molecule has 3 N–H and O–H groups in total. The summed E-state index contributed by atoms with van der Waals surface area (Å²) in [6, 6.07) is 0.120. The van der Waals surface area contributed by atoms with E-state index in [1.54, 1.807) is 0 Å². The topological polar surface area (TPSA) is 55.1 Å². The molecule has 13 heavy (non-hydrogen) atoms. The quantitative estimate of drug-likeness (QED) is 0.688. The number of hydrogen-bond donors (Lipinski definition) is 2. The Kier molecular flexibility index (Phi) is 4.22. The molecule has 0 saturated heterocycles. The minimum absolute atomic E-state index is 0.120. The summed E-state index contributed by atoms with van der Waals surface area (Å²) in [5.41, 5.74) is 5.44. The molecule has 0 aromatic heterocycles. The van der Waals surface area contributed by atoms with E-state index in [4.69, 9.17) is 5.73 Å². The number of amides is 1. The molecule has 1 rings (SSSR count). The molecule has 0 heterocycles. The standard InChI is InChI=1S/C10H20N2O/c1-8(7-11)12-10(13)9-5-3-2-4-6-9/h8-9H,2-7,11H2,1H3,(H,12,13)/t8-/m0/s1. The highest BCUT2D eigenvalue weighted by Crippen LogP contribution is 2.23. The van der Waals surface area contributed by atoms with Crippen LogP contribution < -0.4 is 11.1 Å². The van der Waals surface area contributed by atoms with E-state index in [1.165, 1.54) is 19.3 Å².